The summed E-state index contributed by atoms with van der Waals surface area (Å²) < 4.78 is 27.7. The van der Waals surface area contributed by atoms with Crippen LogP contribution in [0.2, 0.25) is 5.02 Å². The summed E-state index contributed by atoms with van der Waals surface area (Å²) in [5.41, 5.74) is 1.81. The Hall–Kier alpha value is -1.89. The summed E-state index contributed by atoms with van der Waals surface area (Å²) in [5, 5.41) is 9.24. The molecule has 0 aliphatic heterocycles. The van der Waals surface area contributed by atoms with E-state index in [2.05, 4.69) is 4.72 Å². The topological polar surface area (TPSA) is 83.5 Å². The van der Waals surface area contributed by atoms with Gasteiger partial charge in [-0.2, -0.15) is 0 Å². The molecule has 3 rings (SSSR count). The van der Waals surface area contributed by atoms with Crippen molar-refractivity contribution in [3.05, 3.63) is 64.2 Å². The zero-order valence-electron chi connectivity index (χ0n) is 12.0. The second-order valence-corrected chi connectivity index (χ2v) is 7.45. The summed E-state index contributed by atoms with van der Waals surface area (Å²) in [6.07, 6.45) is 1.28. The van der Waals surface area contributed by atoms with Crippen molar-refractivity contribution in [2.45, 2.75) is 23.8 Å². The van der Waals surface area contributed by atoms with Crippen molar-refractivity contribution in [1.82, 2.24) is 4.72 Å². The average Bonchev–Trinajstić information content (AvgIpc) is 2.89. The molecule has 2 aromatic carbocycles. The van der Waals surface area contributed by atoms with Gasteiger partial charge in [-0.05, 0) is 48.2 Å². The lowest BCUT2D eigenvalue weighted by Crippen LogP contribution is -2.27. The highest BCUT2D eigenvalue weighted by atomic mass is 35.5. The maximum atomic E-state index is 12.5. The van der Waals surface area contributed by atoms with Gasteiger partial charge in [0.25, 0.3) is 0 Å². The van der Waals surface area contributed by atoms with Crippen molar-refractivity contribution in [2.24, 2.45) is 0 Å². The molecule has 0 radical (unpaired) electrons. The third kappa shape index (κ3) is 3.10. The smallest absolute Gasteiger partial charge is 0.335 e. The fraction of sp³-hybridized carbons (Fsp3) is 0.188. The van der Waals surface area contributed by atoms with Gasteiger partial charge in [0.15, 0.2) is 0 Å². The largest absolute Gasteiger partial charge is 0.478 e. The summed E-state index contributed by atoms with van der Waals surface area (Å²) in [4.78, 5) is 11.1. The highest BCUT2D eigenvalue weighted by molar-refractivity contribution is 7.89. The molecule has 7 heteroatoms. The van der Waals surface area contributed by atoms with Gasteiger partial charge in [-0.1, -0.05) is 29.8 Å². The van der Waals surface area contributed by atoms with E-state index in [1.807, 2.05) is 0 Å². The third-order valence-corrected chi connectivity index (χ3v) is 5.87. The van der Waals surface area contributed by atoms with E-state index < -0.39 is 22.0 Å². The van der Waals surface area contributed by atoms with Gasteiger partial charge in [0.05, 0.1) is 10.6 Å². The minimum absolute atomic E-state index is 0.0181. The number of rotatable bonds is 4. The van der Waals surface area contributed by atoms with E-state index in [9.17, 15) is 13.2 Å². The van der Waals surface area contributed by atoms with Crippen LogP contribution >= 0.6 is 11.6 Å². The molecule has 1 aliphatic carbocycles. The van der Waals surface area contributed by atoms with Crippen molar-refractivity contribution in [2.75, 3.05) is 0 Å². The van der Waals surface area contributed by atoms with Gasteiger partial charge in [-0.15, -0.1) is 0 Å². The molecule has 23 heavy (non-hydrogen) atoms. The molecule has 2 aromatic rings. The van der Waals surface area contributed by atoms with Crippen LogP contribution < -0.4 is 4.72 Å². The number of hydrogen-bond acceptors (Lipinski definition) is 3. The van der Waals surface area contributed by atoms with E-state index >= 15 is 0 Å². The first-order valence-corrected chi connectivity index (χ1v) is 8.87. The van der Waals surface area contributed by atoms with Gasteiger partial charge in [0.1, 0.15) is 4.90 Å². The Bertz CT molecular complexity index is 879. The molecule has 0 bridgehead atoms. The summed E-state index contributed by atoms with van der Waals surface area (Å²) in [7, 11) is -3.78. The SMILES string of the molecule is O=C(O)c1ccc2c(c1)C(NS(=O)(=O)c1ccccc1Cl)CC2. The Morgan fingerprint density at radius 3 is 2.65 bits per heavy atom. The predicted molar refractivity (Wildman–Crippen MR) is 86.2 cm³/mol. The zero-order valence-corrected chi connectivity index (χ0v) is 13.6. The van der Waals surface area contributed by atoms with E-state index in [1.165, 1.54) is 24.3 Å². The van der Waals surface area contributed by atoms with Crippen LogP contribution in [0.4, 0.5) is 0 Å². The minimum atomic E-state index is -3.78. The van der Waals surface area contributed by atoms with Gasteiger partial charge >= 0.3 is 5.97 Å². The van der Waals surface area contributed by atoms with Crippen LogP contribution in [0.25, 0.3) is 0 Å². The van der Waals surface area contributed by atoms with E-state index in [-0.39, 0.29) is 15.5 Å². The van der Waals surface area contributed by atoms with E-state index in [1.54, 1.807) is 18.2 Å². The van der Waals surface area contributed by atoms with Crippen LogP contribution in [0.15, 0.2) is 47.4 Å². The Balaban J connectivity index is 1.93. The molecule has 0 amide bonds. The number of nitrogens with one attached hydrogen (secondary N) is 1. The molecule has 0 saturated carbocycles. The molecule has 1 unspecified atom stereocenters. The number of carbonyl (C=O) groups is 1. The molecular formula is C16H14ClNO4S. The average molecular weight is 352 g/mol. The van der Waals surface area contributed by atoms with Gasteiger partial charge in [0.2, 0.25) is 10.0 Å². The van der Waals surface area contributed by atoms with Crippen molar-refractivity contribution < 1.29 is 18.3 Å². The minimum Gasteiger partial charge on any atom is -0.478 e. The number of hydrogen-bond donors (Lipinski definition) is 2. The quantitative estimate of drug-likeness (QED) is 0.886. The van der Waals surface area contributed by atoms with Gasteiger partial charge in [-0.25, -0.2) is 17.9 Å². The molecule has 1 atom stereocenters. The van der Waals surface area contributed by atoms with Crippen molar-refractivity contribution in [3.63, 3.8) is 0 Å². The Kier molecular flexibility index (Phi) is 4.14. The fourth-order valence-corrected chi connectivity index (χ4v) is 4.54. The van der Waals surface area contributed by atoms with Gasteiger partial charge in [0, 0.05) is 6.04 Å². The summed E-state index contributed by atoms with van der Waals surface area (Å²) >= 11 is 5.96. The number of halogens is 1. The Morgan fingerprint density at radius 2 is 1.96 bits per heavy atom. The lowest BCUT2D eigenvalue weighted by molar-refractivity contribution is 0.0696. The van der Waals surface area contributed by atoms with Crippen molar-refractivity contribution >= 4 is 27.6 Å². The number of aromatic carboxylic acids is 1. The third-order valence-electron chi connectivity index (χ3n) is 3.89. The number of aryl methyl sites for hydroxylation is 1. The predicted octanol–water partition coefficient (Wildman–Crippen LogP) is 3.00. The maximum Gasteiger partial charge on any atom is 0.335 e. The molecule has 0 aromatic heterocycles. The number of sulfonamides is 1. The Morgan fingerprint density at radius 1 is 1.22 bits per heavy atom. The van der Waals surface area contributed by atoms with Crippen LogP contribution in [0, 0.1) is 0 Å². The first kappa shape index (κ1) is 16.0. The fourth-order valence-electron chi connectivity index (χ4n) is 2.77. The highest BCUT2D eigenvalue weighted by Crippen LogP contribution is 2.33. The van der Waals surface area contributed by atoms with Crippen LogP contribution in [-0.2, 0) is 16.4 Å². The van der Waals surface area contributed by atoms with Crippen molar-refractivity contribution in [1.29, 1.82) is 0 Å². The van der Waals surface area contributed by atoms with Crippen molar-refractivity contribution in [3.8, 4) is 0 Å². The van der Waals surface area contributed by atoms with Gasteiger partial charge in [-0.3, -0.25) is 0 Å². The number of carboxylic acid groups (broad SMARTS) is 1. The molecule has 2 N–H and O–H groups in total. The van der Waals surface area contributed by atoms with E-state index in [0.29, 0.717) is 18.4 Å². The second kappa shape index (κ2) is 5.96. The van der Waals surface area contributed by atoms with Gasteiger partial charge < -0.3 is 5.11 Å². The lowest BCUT2D eigenvalue weighted by atomic mass is 10.0. The number of carboxylic acids is 1. The maximum absolute atomic E-state index is 12.5. The normalized spacial score (nSPS) is 17.0. The molecule has 120 valence electrons. The first-order chi connectivity index (χ1) is 10.9. The monoisotopic (exact) mass is 351 g/mol. The molecular weight excluding hydrogens is 338 g/mol. The van der Waals surface area contributed by atoms with Crippen LogP contribution in [-0.4, -0.2) is 19.5 Å². The van der Waals surface area contributed by atoms with Crippen LogP contribution in [0.1, 0.15) is 33.9 Å². The highest BCUT2D eigenvalue weighted by Gasteiger charge is 2.29. The number of benzene rings is 2. The molecule has 0 spiro atoms. The molecule has 0 saturated heterocycles. The Labute approximate surface area is 139 Å². The zero-order chi connectivity index (χ0) is 16.6. The second-order valence-electron chi connectivity index (χ2n) is 5.36. The van der Waals surface area contributed by atoms with E-state index in [0.717, 1.165) is 5.56 Å². The first-order valence-electron chi connectivity index (χ1n) is 7.01. The standard InChI is InChI=1S/C16H14ClNO4S/c17-13-3-1-2-4-15(13)23(21,22)18-14-8-7-10-5-6-11(16(19)20)9-12(10)14/h1-6,9,14,18H,7-8H2,(H,19,20). The molecule has 0 heterocycles. The lowest BCUT2D eigenvalue weighted by Gasteiger charge is -2.15. The molecule has 0 fully saturated rings. The summed E-state index contributed by atoms with van der Waals surface area (Å²) in [6.45, 7) is 0. The number of fused-ring (bicyclic) bond motifs is 1. The van der Waals surface area contributed by atoms with Crippen LogP contribution in [0.5, 0.6) is 0 Å². The van der Waals surface area contributed by atoms with E-state index in [4.69, 9.17) is 16.7 Å². The molecule has 1 aliphatic rings. The van der Waals surface area contributed by atoms with Crippen LogP contribution in [0.3, 0.4) is 0 Å². The molecule has 5 nitrogen and oxygen atoms in total. The summed E-state index contributed by atoms with van der Waals surface area (Å²) in [6, 6.07) is 10.6. The summed E-state index contributed by atoms with van der Waals surface area (Å²) in [5.74, 6) is -1.03.